The molecule has 45 heavy (non-hydrogen) atoms. The first kappa shape index (κ1) is 28.5. The lowest BCUT2D eigenvalue weighted by Gasteiger charge is -2.45. The van der Waals surface area contributed by atoms with E-state index < -0.39 is 18.3 Å². The van der Waals surface area contributed by atoms with Gasteiger partial charge in [0, 0.05) is 27.2 Å². The van der Waals surface area contributed by atoms with Crippen molar-refractivity contribution < 1.29 is 13.7 Å². The Morgan fingerprint density at radius 1 is 0.556 bits per heavy atom. The summed E-state index contributed by atoms with van der Waals surface area (Å²) in [4.78, 5) is 0. The van der Waals surface area contributed by atoms with Gasteiger partial charge in [-0.25, -0.2) is 0 Å². The van der Waals surface area contributed by atoms with Crippen LogP contribution in [0.15, 0.2) is 114 Å². The van der Waals surface area contributed by atoms with Gasteiger partial charge >= 0.3 is 7.12 Å². The van der Waals surface area contributed by atoms with Crippen LogP contribution in [0.3, 0.4) is 0 Å². The molecule has 218 valence electrons. The van der Waals surface area contributed by atoms with Gasteiger partial charge in [-0.3, -0.25) is 0 Å². The van der Waals surface area contributed by atoms with Gasteiger partial charge in [0.2, 0.25) is 0 Å². The highest BCUT2D eigenvalue weighted by Gasteiger charge is 2.53. The molecule has 0 spiro atoms. The first-order valence-electron chi connectivity index (χ1n) is 16.0. The zero-order valence-electron chi connectivity index (χ0n) is 27.2. The molecule has 1 fully saturated rings. The molecule has 0 unspecified atom stereocenters. The largest absolute Gasteiger partial charge is 0.498 e. The number of furan rings is 1. The quantitative estimate of drug-likeness (QED) is 0.245. The third kappa shape index (κ3) is 3.90. The van der Waals surface area contributed by atoms with Crippen molar-refractivity contribution in [3.8, 4) is 22.3 Å². The van der Waals surface area contributed by atoms with E-state index in [1.54, 1.807) is 0 Å². The molecule has 0 amide bonds. The number of fused-ring (bicyclic) bond motifs is 6. The summed E-state index contributed by atoms with van der Waals surface area (Å²) >= 11 is 0. The van der Waals surface area contributed by atoms with Gasteiger partial charge in [0.25, 0.3) is 0 Å². The average molecular weight is 584 g/mol. The van der Waals surface area contributed by atoms with Gasteiger partial charge in [0.15, 0.2) is 0 Å². The zero-order chi connectivity index (χ0) is 31.4. The van der Waals surface area contributed by atoms with Gasteiger partial charge in [-0.1, -0.05) is 114 Å². The van der Waals surface area contributed by atoms with Crippen LogP contribution in [0.5, 0.6) is 0 Å². The molecule has 0 bridgehead atoms. The van der Waals surface area contributed by atoms with Crippen molar-refractivity contribution >= 4 is 58.1 Å². The topological polar surface area (TPSA) is 31.6 Å². The number of para-hydroxylation sites is 2. The van der Waals surface area contributed by atoms with Gasteiger partial charge in [0.1, 0.15) is 11.2 Å². The molecule has 8 rings (SSSR count). The van der Waals surface area contributed by atoms with Crippen molar-refractivity contribution in [2.75, 3.05) is 0 Å². The van der Waals surface area contributed by atoms with Crippen molar-refractivity contribution in [3.05, 3.63) is 126 Å². The summed E-state index contributed by atoms with van der Waals surface area (Å²) in [5.74, 6) is 0. The Morgan fingerprint density at radius 3 is 1.64 bits per heavy atom. The minimum Gasteiger partial charge on any atom is -0.456 e. The monoisotopic (exact) mass is 584 g/mol. The molecule has 2 aliphatic rings. The molecule has 0 saturated carbocycles. The zero-order valence-corrected chi connectivity index (χ0v) is 27.2. The lowest BCUT2D eigenvalue weighted by molar-refractivity contribution is 0.00578. The first-order valence-corrected chi connectivity index (χ1v) is 16.0. The molecule has 1 aliphatic heterocycles. The fourth-order valence-electron chi connectivity index (χ4n) is 7.91. The molecule has 6 aromatic rings. The summed E-state index contributed by atoms with van der Waals surface area (Å²) in [7, 11) is 6.61. The second-order valence-corrected chi connectivity index (χ2v) is 14.8. The van der Waals surface area contributed by atoms with E-state index in [2.05, 4.69) is 160 Å². The Kier molecular flexibility index (Phi) is 6.06. The van der Waals surface area contributed by atoms with Gasteiger partial charge < -0.3 is 13.7 Å². The molecule has 7 heteroatoms. The Hall–Kier alpha value is -3.92. The van der Waals surface area contributed by atoms with Gasteiger partial charge in [-0.2, -0.15) is 0 Å². The molecule has 0 radical (unpaired) electrons. The summed E-state index contributed by atoms with van der Waals surface area (Å²) in [6, 6.07) is 39.8. The highest BCUT2D eigenvalue weighted by atomic mass is 16.7. The van der Waals surface area contributed by atoms with Gasteiger partial charge in [-0.15, -0.1) is 0 Å². The minimum atomic E-state index is -0.493. The fraction of sp³-hybridized carbons (Fsp3) is 0.211. The third-order valence-corrected chi connectivity index (χ3v) is 10.8. The summed E-state index contributed by atoms with van der Waals surface area (Å²) < 4.78 is 19.6. The third-order valence-electron chi connectivity index (χ3n) is 10.8. The Morgan fingerprint density at radius 2 is 1.07 bits per heavy atom. The summed E-state index contributed by atoms with van der Waals surface area (Å²) in [6.07, 6.45) is 0. The van der Waals surface area contributed by atoms with Crippen molar-refractivity contribution in [3.63, 3.8) is 0 Å². The minimum absolute atomic E-state index is 0.0696. The normalized spacial score (nSPS) is 17.9. The van der Waals surface area contributed by atoms with Crippen LogP contribution in [0.2, 0.25) is 5.11 Å². The molecule has 5 aromatic carbocycles. The standard InChI is InChI=1S/C38H36B4O3/c1-35(2)36(3,4)45-42(44-35)32-18-10-15-29-28-14-9-13-25(33(28)43-34(29)32)23-19-21-24(22-20-23)37(38(39,40)41)30-16-7-5-11-26(30)27-12-6-8-17-31(27)37/h5-22H,39-41H2,1-4H3. The number of hydrogen-bond acceptors (Lipinski definition) is 3. The van der Waals surface area contributed by atoms with Crippen molar-refractivity contribution in [1.82, 2.24) is 0 Å². The van der Waals surface area contributed by atoms with Crippen molar-refractivity contribution in [2.24, 2.45) is 0 Å². The highest BCUT2D eigenvalue weighted by molar-refractivity contribution is 6.65. The van der Waals surface area contributed by atoms with E-state index in [-0.39, 0.29) is 10.5 Å². The van der Waals surface area contributed by atoms with Crippen LogP contribution >= 0.6 is 0 Å². The maximum Gasteiger partial charge on any atom is 0.498 e. The second kappa shape index (κ2) is 9.55. The molecule has 0 N–H and O–H groups in total. The van der Waals surface area contributed by atoms with E-state index in [4.69, 9.17) is 13.7 Å². The van der Waals surface area contributed by atoms with Crippen LogP contribution in [0.25, 0.3) is 44.2 Å². The van der Waals surface area contributed by atoms with E-state index in [9.17, 15) is 0 Å². The van der Waals surface area contributed by atoms with E-state index in [1.807, 2.05) is 0 Å². The molecule has 0 atom stereocenters. The molecular formula is C38H36B4O3. The number of rotatable bonds is 4. The predicted molar refractivity (Wildman–Crippen MR) is 195 cm³/mol. The molecular weight excluding hydrogens is 548 g/mol. The Labute approximate surface area is 268 Å². The van der Waals surface area contributed by atoms with Gasteiger partial charge in [0.05, 0.1) is 34.7 Å². The van der Waals surface area contributed by atoms with Crippen LogP contribution < -0.4 is 5.46 Å². The molecule has 1 aromatic heterocycles. The van der Waals surface area contributed by atoms with Crippen LogP contribution in [0.1, 0.15) is 44.4 Å². The van der Waals surface area contributed by atoms with Crippen molar-refractivity contribution in [2.45, 2.75) is 49.4 Å². The Balaban J connectivity index is 1.27. The predicted octanol–water partition coefficient (Wildman–Crippen LogP) is 5.84. The SMILES string of the molecule is BC(B)(B)C1(c2ccc(-c3cccc4c3oc3c(B5OC(C)(C)C(C)(C)O5)cccc34)cc2)c2ccccc2-c2ccccc21. The van der Waals surface area contributed by atoms with Crippen LogP contribution in [-0.2, 0) is 14.7 Å². The summed E-state index contributed by atoms with van der Waals surface area (Å²) in [5, 5.41) is 2.09. The molecule has 3 nitrogen and oxygen atoms in total. The maximum absolute atomic E-state index is 6.75. The van der Waals surface area contributed by atoms with E-state index in [0.717, 1.165) is 38.5 Å². The summed E-state index contributed by atoms with van der Waals surface area (Å²) in [5.41, 5.74) is 10.4. The Bertz CT molecular complexity index is 2060. The van der Waals surface area contributed by atoms with Crippen LogP contribution in [-0.4, -0.2) is 41.9 Å². The lowest BCUT2D eigenvalue weighted by atomic mass is 9.30. The summed E-state index contributed by atoms with van der Waals surface area (Å²) in [6.45, 7) is 8.33. The second-order valence-electron chi connectivity index (χ2n) is 14.8. The average Bonchev–Trinajstić information content (AvgIpc) is 3.62. The van der Waals surface area contributed by atoms with Crippen molar-refractivity contribution in [1.29, 1.82) is 0 Å². The maximum atomic E-state index is 6.75. The smallest absolute Gasteiger partial charge is 0.456 e. The van der Waals surface area contributed by atoms with Crippen LogP contribution in [0.4, 0.5) is 0 Å². The lowest BCUT2D eigenvalue weighted by Crippen LogP contribution is -2.42. The fourth-order valence-corrected chi connectivity index (χ4v) is 7.91. The van der Waals surface area contributed by atoms with Crippen LogP contribution in [0, 0.1) is 0 Å². The molecule has 1 saturated heterocycles. The number of hydrogen-bond donors (Lipinski definition) is 0. The number of benzene rings is 5. The van der Waals surface area contributed by atoms with E-state index >= 15 is 0 Å². The molecule has 2 heterocycles. The van der Waals surface area contributed by atoms with E-state index in [1.165, 1.54) is 27.8 Å². The molecule has 1 aliphatic carbocycles. The highest BCUT2D eigenvalue weighted by Crippen LogP contribution is 2.60. The van der Waals surface area contributed by atoms with Gasteiger partial charge in [-0.05, 0) is 61.1 Å². The first-order chi connectivity index (χ1) is 21.4. The van der Waals surface area contributed by atoms with E-state index in [0.29, 0.717) is 0 Å².